The van der Waals surface area contributed by atoms with E-state index in [-0.39, 0.29) is 16.9 Å². The zero-order valence-corrected chi connectivity index (χ0v) is 15.4. The van der Waals surface area contributed by atoms with Crippen molar-refractivity contribution in [3.63, 3.8) is 0 Å². The first kappa shape index (κ1) is 18.5. The number of anilines is 3. The van der Waals surface area contributed by atoms with Crippen molar-refractivity contribution >= 4 is 46.4 Å². The number of nitrogens with one attached hydrogen (secondary N) is 1. The predicted octanol–water partition coefficient (Wildman–Crippen LogP) is 3.85. The van der Waals surface area contributed by atoms with Gasteiger partial charge in [-0.1, -0.05) is 23.2 Å². The second-order valence-electron chi connectivity index (χ2n) is 5.92. The first-order valence-corrected chi connectivity index (χ1v) is 8.87. The number of carbonyl (C=O) groups is 1. The number of hydrogen-bond acceptors (Lipinski definition) is 4. The summed E-state index contributed by atoms with van der Waals surface area (Å²) < 4.78 is 13.2. The van der Waals surface area contributed by atoms with Crippen LogP contribution in [0.4, 0.5) is 26.4 Å². The van der Waals surface area contributed by atoms with Gasteiger partial charge in [0.15, 0.2) is 0 Å². The Morgan fingerprint density at radius 3 is 2.77 bits per heavy atom. The third-order valence-electron chi connectivity index (χ3n) is 4.19. The number of urea groups is 1. The second kappa shape index (κ2) is 7.97. The van der Waals surface area contributed by atoms with Crippen LogP contribution >= 0.6 is 23.2 Å². The molecule has 3 rings (SSSR count). The number of halogens is 3. The highest BCUT2D eigenvalue weighted by Gasteiger charge is 2.21. The number of nitrogen functional groups attached to an aromatic ring is 1. The van der Waals surface area contributed by atoms with Crippen molar-refractivity contribution in [3.05, 3.63) is 46.3 Å². The number of amides is 2. The number of benzene rings is 1. The summed E-state index contributed by atoms with van der Waals surface area (Å²) in [4.78, 5) is 20.2. The summed E-state index contributed by atoms with van der Waals surface area (Å²) in [5.74, 6) is -0.236. The van der Waals surface area contributed by atoms with Gasteiger partial charge >= 0.3 is 6.03 Å². The zero-order chi connectivity index (χ0) is 18.7. The summed E-state index contributed by atoms with van der Waals surface area (Å²) in [5.41, 5.74) is 7.03. The number of pyridine rings is 1. The van der Waals surface area contributed by atoms with Crippen LogP contribution in [0.1, 0.15) is 6.42 Å². The molecule has 9 heteroatoms. The molecule has 1 aliphatic heterocycles. The average molecular weight is 398 g/mol. The van der Waals surface area contributed by atoms with Gasteiger partial charge in [0.2, 0.25) is 0 Å². The Bertz CT molecular complexity index is 820. The lowest BCUT2D eigenvalue weighted by Gasteiger charge is -2.25. The Morgan fingerprint density at radius 2 is 2.00 bits per heavy atom. The molecule has 1 saturated heterocycles. The topological polar surface area (TPSA) is 74.5 Å². The van der Waals surface area contributed by atoms with Crippen LogP contribution < -0.4 is 16.0 Å². The highest BCUT2D eigenvalue weighted by molar-refractivity contribution is 6.35. The van der Waals surface area contributed by atoms with Crippen LogP contribution in [-0.2, 0) is 0 Å². The van der Waals surface area contributed by atoms with Gasteiger partial charge in [-0.05, 0) is 30.7 Å². The minimum atomic E-state index is -0.524. The van der Waals surface area contributed by atoms with Crippen molar-refractivity contribution in [3.8, 4) is 0 Å². The van der Waals surface area contributed by atoms with E-state index >= 15 is 0 Å². The Hall–Kier alpha value is -2.25. The molecule has 0 aliphatic carbocycles. The van der Waals surface area contributed by atoms with E-state index in [1.54, 1.807) is 11.1 Å². The van der Waals surface area contributed by atoms with E-state index < -0.39 is 5.82 Å². The van der Waals surface area contributed by atoms with Crippen LogP contribution in [0.5, 0.6) is 0 Å². The van der Waals surface area contributed by atoms with Crippen molar-refractivity contribution in [1.82, 2.24) is 9.88 Å². The lowest BCUT2D eigenvalue weighted by molar-refractivity contribution is 0.215. The highest BCUT2D eigenvalue weighted by atomic mass is 35.5. The molecule has 2 aromatic rings. The maximum Gasteiger partial charge on any atom is 0.321 e. The maximum atomic E-state index is 13.2. The molecule has 0 radical (unpaired) electrons. The molecule has 0 atom stereocenters. The van der Waals surface area contributed by atoms with Gasteiger partial charge in [0, 0.05) is 38.1 Å². The van der Waals surface area contributed by atoms with Crippen LogP contribution in [0.15, 0.2) is 30.5 Å². The van der Waals surface area contributed by atoms with E-state index in [4.69, 9.17) is 28.9 Å². The molecule has 26 heavy (non-hydrogen) atoms. The van der Waals surface area contributed by atoms with E-state index in [9.17, 15) is 9.18 Å². The normalized spacial score (nSPS) is 14.9. The fraction of sp³-hybridized carbons (Fsp3) is 0.294. The van der Waals surface area contributed by atoms with Gasteiger partial charge in [-0.25, -0.2) is 14.2 Å². The standard InChI is InChI=1S/C17H18Cl2FN5O/c18-12-10-11(2-3-13(12)20)23-17(26)25-7-1-6-24(8-9-25)14-4-5-22-16(21)15(14)19/h2-5,10H,1,6-9H2,(H2,21,22)(H,23,26). The van der Waals surface area contributed by atoms with E-state index in [0.717, 1.165) is 18.7 Å². The van der Waals surface area contributed by atoms with Crippen LogP contribution in [-0.4, -0.2) is 42.1 Å². The minimum absolute atomic E-state index is 0.0326. The smallest absolute Gasteiger partial charge is 0.321 e. The van der Waals surface area contributed by atoms with Gasteiger partial charge in [0.05, 0.1) is 10.7 Å². The minimum Gasteiger partial charge on any atom is -0.382 e. The molecule has 1 fully saturated rings. The van der Waals surface area contributed by atoms with Gasteiger partial charge in [0.25, 0.3) is 0 Å². The molecule has 0 saturated carbocycles. The Kier molecular flexibility index (Phi) is 5.68. The summed E-state index contributed by atoms with van der Waals surface area (Å²) in [5, 5.41) is 3.13. The lowest BCUT2D eigenvalue weighted by atomic mass is 10.3. The van der Waals surface area contributed by atoms with E-state index in [1.807, 2.05) is 6.07 Å². The maximum absolute atomic E-state index is 13.2. The van der Waals surface area contributed by atoms with Crippen molar-refractivity contribution in [2.75, 3.05) is 42.1 Å². The first-order chi connectivity index (χ1) is 12.5. The number of carbonyl (C=O) groups excluding carboxylic acids is 1. The number of aromatic nitrogens is 1. The van der Waals surface area contributed by atoms with Crippen LogP contribution in [0.25, 0.3) is 0 Å². The summed E-state index contributed by atoms with van der Waals surface area (Å²) in [6.45, 7) is 2.46. The van der Waals surface area contributed by atoms with Crippen LogP contribution in [0, 0.1) is 5.82 Å². The van der Waals surface area contributed by atoms with Gasteiger partial charge < -0.3 is 20.9 Å². The molecular formula is C17H18Cl2FN5O. The molecule has 2 heterocycles. The largest absolute Gasteiger partial charge is 0.382 e. The van der Waals surface area contributed by atoms with Crippen molar-refractivity contribution in [1.29, 1.82) is 0 Å². The van der Waals surface area contributed by atoms with Gasteiger partial charge in [-0.15, -0.1) is 0 Å². The molecule has 1 aromatic carbocycles. The van der Waals surface area contributed by atoms with Crippen molar-refractivity contribution < 1.29 is 9.18 Å². The SMILES string of the molecule is Nc1nccc(N2CCCN(C(=O)Nc3ccc(F)c(Cl)c3)CC2)c1Cl. The van der Waals surface area contributed by atoms with E-state index in [1.165, 1.54) is 18.2 Å². The molecule has 0 bridgehead atoms. The average Bonchev–Trinajstić information content (AvgIpc) is 2.87. The fourth-order valence-corrected chi connectivity index (χ4v) is 3.24. The molecule has 0 spiro atoms. The monoisotopic (exact) mass is 397 g/mol. The predicted molar refractivity (Wildman–Crippen MR) is 102 cm³/mol. The third-order valence-corrected chi connectivity index (χ3v) is 4.87. The Labute approximate surface area is 160 Å². The summed E-state index contributed by atoms with van der Waals surface area (Å²) in [6.07, 6.45) is 2.39. The fourth-order valence-electron chi connectivity index (χ4n) is 2.83. The zero-order valence-electron chi connectivity index (χ0n) is 13.9. The first-order valence-electron chi connectivity index (χ1n) is 8.11. The quantitative estimate of drug-likeness (QED) is 0.806. The molecule has 1 aromatic heterocycles. The van der Waals surface area contributed by atoms with E-state index in [0.29, 0.717) is 30.3 Å². The number of hydrogen-bond donors (Lipinski definition) is 2. The van der Waals surface area contributed by atoms with Crippen LogP contribution in [0.2, 0.25) is 10.0 Å². The van der Waals surface area contributed by atoms with Crippen LogP contribution in [0.3, 0.4) is 0 Å². The summed E-state index contributed by atoms with van der Waals surface area (Å²) in [6, 6.07) is 5.64. The second-order valence-corrected chi connectivity index (χ2v) is 6.70. The number of rotatable bonds is 2. The van der Waals surface area contributed by atoms with E-state index in [2.05, 4.69) is 15.2 Å². The molecule has 138 valence electrons. The summed E-state index contributed by atoms with van der Waals surface area (Å²) in [7, 11) is 0. The molecule has 6 nitrogen and oxygen atoms in total. The number of nitrogens with zero attached hydrogens (tertiary/aromatic N) is 3. The van der Waals surface area contributed by atoms with Gasteiger partial charge in [-0.3, -0.25) is 0 Å². The summed E-state index contributed by atoms with van der Waals surface area (Å²) >= 11 is 12.0. The lowest BCUT2D eigenvalue weighted by Crippen LogP contribution is -2.38. The molecule has 3 N–H and O–H groups in total. The van der Waals surface area contributed by atoms with Gasteiger partial charge in [-0.2, -0.15) is 0 Å². The molecular weight excluding hydrogens is 380 g/mol. The Morgan fingerprint density at radius 1 is 1.19 bits per heavy atom. The molecule has 2 amide bonds. The molecule has 0 unspecified atom stereocenters. The molecule has 1 aliphatic rings. The number of nitrogens with two attached hydrogens (primary N) is 1. The van der Waals surface area contributed by atoms with Gasteiger partial charge in [0.1, 0.15) is 16.7 Å². The highest BCUT2D eigenvalue weighted by Crippen LogP contribution is 2.30. The Balaban J connectivity index is 1.65. The third kappa shape index (κ3) is 4.11. The van der Waals surface area contributed by atoms with Crippen molar-refractivity contribution in [2.24, 2.45) is 0 Å². The van der Waals surface area contributed by atoms with Crippen molar-refractivity contribution in [2.45, 2.75) is 6.42 Å².